The van der Waals surface area contributed by atoms with E-state index in [-0.39, 0.29) is 5.75 Å². The van der Waals surface area contributed by atoms with E-state index in [9.17, 15) is 10.2 Å². The van der Waals surface area contributed by atoms with Gasteiger partial charge in [0.25, 0.3) is 0 Å². The van der Waals surface area contributed by atoms with Gasteiger partial charge >= 0.3 is 0 Å². The fourth-order valence-electron chi connectivity index (χ4n) is 2.69. The second-order valence-electron chi connectivity index (χ2n) is 6.73. The number of phenols is 1. The molecule has 0 saturated carbocycles. The molecule has 0 bridgehead atoms. The number of hydrogen-bond acceptors (Lipinski definition) is 1. The largest absolute Gasteiger partial charge is 0.508 e. The van der Waals surface area contributed by atoms with Crippen LogP contribution in [0.3, 0.4) is 0 Å². The molecule has 2 nitrogen and oxygen atoms in total. The van der Waals surface area contributed by atoms with Crippen LogP contribution in [0.4, 0.5) is 0 Å². The van der Waals surface area contributed by atoms with Crippen molar-refractivity contribution in [2.24, 2.45) is 10.8 Å². The van der Waals surface area contributed by atoms with Crippen LogP contribution in [0.2, 0.25) is 0 Å². The Labute approximate surface area is 104 Å². The molecule has 95 valence electrons. The summed E-state index contributed by atoms with van der Waals surface area (Å²) in [5.41, 5.74) is -1.27. The van der Waals surface area contributed by atoms with E-state index in [4.69, 9.17) is 0 Å². The molecule has 0 atom stereocenters. The Morgan fingerprint density at radius 1 is 0.824 bits per heavy atom. The molecule has 0 aliphatic carbocycles. The van der Waals surface area contributed by atoms with Crippen molar-refractivity contribution in [1.29, 1.82) is 0 Å². The van der Waals surface area contributed by atoms with Crippen molar-refractivity contribution >= 4 is 0 Å². The van der Waals surface area contributed by atoms with Crippen molar-refractivity contribution in [1.82, 2.24) is 0 Å². The second kappa shape index (κ2) is 4.02. The molecule has 0 aliphatic heterocycles. The van der Waals surface area contributed by atoms with Gasteiger partial charge in [0.1, 0.15) is 11.4 Å². The van der Waals surface area contributed by atoms with Gasteiger partial charge in [-0.2, -0.15) is 0 Å². The standard InChI is InChI=1S/C15H23O2/c1-13(2,3)15(17,14(4,5)6)11-7-9-12(16)10-8-11/h7-10,16H,1-6H3. The van der Waals surface area contributed by atoms with Crippen LogP contribution in [0.5, 0.6) is 5.75 Å². The summed E-state index contributed by atoms with van der Waals surface area (Å²) in [5, 5.41) is 22.7. The van der Waals surface area contributed by atoms with Gasteiger partial charge in [0.15, 0.2) is 0 Å². The summed E-state index contributed by atoms with van der Waals surface area (Å²) in [7, 11) is 0. The maximum atomic E-state index is 13.4. The maximum Gasteiger partial charge on any atom is 0.138 e. The van der Waals surface area contributed by atoms with E-state index in [1.165, 1.54) is 0 Å². The summed E-state index contributed by atoms with van der Waals surface area (Å²) in [6.07, 6.45) is 0. The van der Waals surface area contributed by atoms with Crippen LogP contribution in [-0.2, 0) is 10.7 Å². The summed E-state index contributed by atoms with van der Waals surface area (Å²) < 4.78 is 0. The van der Waals surface area contributed by atoms with Crippen LogP contribution < -0.4 is 0 Å². The smallest absolute Gasteiger partial charge is 0.138 e. The topological polar surface area (TPSA) is 40.1 Å². The van der Waals surface area contributed by atoms with Gasteiger partial charge in [-0.15, -0.1) is 0 Å². The predicted octanol–water partition coefficient (Wildman–Crippen LogP) is 4.11. The van der Waals surface area contributed by atoms with E-state index in [0.29, 0.717) is 0 Å². The average molecular weight is 235 g/mol. The first kappa shape index (κ1) is 14.0. The molecule has 1 rings (SSSR count). The van der Waals surface area contributed by atoms with Crippen LogP contribution in [0, 0.1) is 10.8 Å². The van der Waals surface area contributed by atoms with Crippen LogP contribution in [-0.4, -0.2) is 5.11 Å². The van der Waals surface area contributed by atoms with Gasteiger partial charge in [0, 0.05) is 0 Å². The van der Waals surface area contributed by atoms with E-state index in [1.807, 2.05) is 41.5 Å². The molecule has 1 aromatic rings. The van der Waals surface area contributed by atoms with Crippen LogP contribution in [0.25, 0.3) is 0 Å². The number of benzene rings is 1. The zero-order chi connectivity index (χ0) is 13.5. The zero-order valence-electron chi connectivity index (χ0n) is 11.7. The van der Waals surface area contributed by atoms with Gasteiger partial charge in [-0.3, -0.25) is 0 Å². The van der Waals surface area contributed by atoms with E-state index in [1.54, 1.807) is 24.3 Å². The molecule has 0 fully saturated rings. The van der Waals surface area contributed by atoms with E-state index < -0.39 is 16.4 Å². The summed E-state index contributed by atoms with van der Waals surface area (Å²) in [4.78, 5) is 0. The van der Waals surface area contributed by atoms with E-state index in [0.717, 1.165) is 5.56 Å². The monoisotopic (exact) mass is 235 g/mol. The molecule has 2 heteroatoms. The van der Waals surface area contributed by atoms with Crippen molar-refractivity contribution in [2.45, 2.75) is 47.1 Å². The molecule has 0 aliphatic rings. The van der Waals surface area contributed by atoms with Crippen molar-refractivity contribution in [2.75, 3.05) is 0 Å². The van der Waals surface area contributed by atoms with Gasteiger partial charge in [0.2, 0.25) is 0 Å². The molecule has 0 amide bonds. The van der Waals surface area contributed by atoms with E-state index >= 15 is 0 Å². The fraction of sp³-hybridized carbons (Fsp3) is 0.600. The third kappa shape index (κ3) is 2.32. The SMILES string of the molecule is CC(C)(C)C([O])(c1ccc(O)cc1)C(C)(C)C. The molecular weight excluding hydrogens is 212 g/mol. The van der Waals surface area contributed by atoms with Crippen molar-refractivity contribution in [3.8, 4) is 5.75 Å². The second-order valence-corrected chi connectivity index (χ2v) is 6.73. The number of hydrogen-bond donors (Lipinski definition) is 1. The van der Waals surface area contributed by atoms with Crippen molar-refractivity contribution in [3.63, 3.8) is 0 Å². The molecule has 0 spiro atoms. The lowest BCUT2D eigenvalue weighted by atomic mass is 9.59. The Bertz CT molecular complexity index is 363. The Hall–Kier alpha value is -1.02. The minimum absolute atomic E-state index is 0.193. The Kier molecular flexibility index (Phi) is 3.32. The summed E-state index contributed by atoms with van der Waals surface area (Å²) >= 11 is 0. The molecular formula is C15H23O2. The quantitative estimate of drug-likeness (QED) is 0.781. The first-order chi connectivity index (χ1) is 7.50. The lowest BCUT2D eigenvalue weighted by molar-refractivity contribution is -0.190. The van der Waals surface area contributed by atoms with Crippen LogP contribution in [0.1, 0.15) is 47.1 Å². The highest BCUT2D eigenvalue weighted by molar-refractivity contribution is 5.32. The first-order valence-corrected chi connectivity index (χ1v) is 6.00. The van der Waals surface area contributed by atoms with Crippen molar-refractivity contribution < 1.29 is 10.2 Å². The highest BCUT2D eigenvalue weighted by Gasteiger charge is 2.52. The Morgan fingerprint density at radius 2 is 1.18 bits per heavy atom. The van der Waals surface area contributed by atoms with Gasteiger partial charge in [0.05, 0.1) is 0 Å². The number of phenolic OH excluding ortho intramolecular Hbond substituents is 1. The third-order valence-electron chi connectivity index (χ3n) is 3.39. The third-order valence-corrected chi connectivity index (χ3v) is 3.39. The van der Waals surface area contributed by atoms with Crippen LogP contribution >= 0.6 is 0 Å². The predicted molar refractivity (Wildman–Crippen MR) is 69.4 cm³/mol. The van der Waals surface area contributed by atoms with Gasteiger partial charge in [-0.05, 0) is 28.5 Å². The number of aromatic hydroxyl groups is 1. The Balaban J connectivity index is 3.41. The molecule has 0 unspecified atom stereocenters. The zero-order valence-corrected chi connectivity index (χ0v) is 11.7. The van der Waals surface area contributed by atoms with Crippen LogP contribution in [0.15, 0.2) is 24.3 Å². The molecule has 17 heavy (non-hydrogen) atoms. The maximum absolute atomic E-state index is 13.4. The lowest BCUT2D eigenvalue weighted by Crippen LogP contribution is -2.49. The molecule has 1 N–H and O–H groups in total. The molecule has 0 saturated heterocycles. The molecule has 0 aromatic heterocycles. The van der Waals surface area contributed by atoms with Gasteiger partial charge in [-0.1, -0.05) is 53.7 Å². The summed E-state index contributed by atoms with van der Waals surface area (Å²) in [6.45, 7) is 11.8. The van der Waals surface area contributed by atoms with Crippen molar-refractivity contribution in [3.05, 3.63) is 29.8 Å². The fourth-order valence-corrected chi connectivity index (χ4v) is 2.69. The minimum atomic E-state index is -1.20. The van der Waals surface area contributed by atoms with Gasteiger partial charge in [-0.25, -0.2) is 5.11 Å². The van der Waals surface area contributed by atoms with E-state index in [2.05, 4.69) is 0 Å². The minimum Gasteiger partial charge on any atom is -0.508 e. The summed E-state index contributed by atoms with van der Waals surface area (Å²) in [5.74, 6) is 0.193. The highest BCUT2D eigenvalue weighted by atomic mass is 16.3. The highest BCUT2D eigenvalue weighted by Crippen LogP contribution is 2.51. The number of rotatable bonds is 1. The molecule has 1 aromatic carbocycles. The Morgan fingerprint density at radius 3 is 1.47 bits per heavy atom. The van der Waals surface area contributed by atoms with Gasteiger partial charge < -0.3 is 5.11 Å². The first-order valence-electron chi connectivity index (χ1n) is 6.00. The lowest BCUT2D eigenvalue weighted by Gasteiger charge is -2.47. The normalized spacial score (nSPS) is 13.8. The molecule has 1 radical (unpaired) electrons. The average Bonchev–Trinajstić information content (AvgIpc) is 2.14. The molecule has 0 heterocycles. The summed E-state index contributed by atoms with van der Waals surface area (Å²) in [6, 6.07) is 6.64.